The van der Waals surface area contributed by atoms with E-state index in [1.54, 1.807) is 24.3 Å². The third-order valence-corrected chi connectivity index (χ3v) is 1.84. The highest BCUT2D eigenvalue weighted by molar-refractivity contribution is 5.89. The highest BCUT2D eigenvalue weighted by Gasteiger charge is 2.05. The summed E-state index contributed by atoms with van der Waals surface area (Å²) in [5.74, 6) is 0.490. The van der Waals surface area contributed by atoms with E-state index < -0.39 is 0 Å². The fourth-order valence-electron chi connectivity index (χ4n) is 1.13. The minimum Gasteiger partial charge on any atom is -0.494 e. The van der Waals surface area contributed by atoms with E-state index in [0.29, 0.717) is 18.8 Å². The molecule has 3 heteroatoms. The van der Waals surface area contributed by atoms with E-state index in [1.807, 2.05) is 13.8 Å². The quantitative estimate of drug-likeness (QED) is 0.698. The molecule has 15 heavy (non-hydrogen) atoms. The van der Waals surface area contributed by atoms with Gasteiger partial charge in [0, 0.05) is 0 Å². The first-order chi connectivity index (χ1) is 7.27. The van der Waals surface area contributed by atoms with Crippen LogP contribution in [0.3, 0.4) is 0 Å². The van der Waals surface area contributed by atoms with E-state index in [-0.39, 0.29) is 5.97 Å². The summed E-state index contributed by atoms with van der Waals surface area (Å²) in [6.45, 7) is 4.97. The molecule has 0 spiro atoms. The SMILES string of the molecule is CCCOC(=O)c1ccc(OCC)cc1. The van der Waals surface area contributed by atoms with Gasteiger partial charge in [-0.3, -0.25) is 0 Å². The van der Waals surface area contributed by atoms with E-state index in [1.165, 1.54) is 0 Å². The number of ether oxygens (including phenoxy) is 2. The van der Waals surface area contributed by atoms with Crippen LogP contribution in [0.1, 0.15) is 30.6 Å². The first-order valence-corrected chi connectivity index (χ1v) is 5.18. The normalized spacial score (nSPS) is 9.73. The Labute approximate surface area is 90.0 Å². The van der Waals surface area contributed by atoms with E-state index in [0.717, 1.165) is 12.2 Å². The van der Waals surface area contributed by atoms with Crippen molar-refractivity contribution >= 4 is 5.97 Å². The van der Waals surface area contributed by atoms with Gasteiger partial charge >= 0.3 is 5.97 Å². The molecule has 82 valence electrons. The van der Waals surface area contributed by atoms with Crippen molar-refractivity contribution in [1.29, 1.82) is 0 Å². The van der Waals surface area contributed by atoms with E-state index in [4.69, 9.17) is 9.47 Å². The molecule has 0 saturated heterocycles. The number of rotatable bonds is 5. The predicted molar refractivity (Wildman–Crippen MR) is 58.2 cm³/mol. The van der Waals surface area contributed by atoms with Crippen LogP contribution in [0.2, 0.25) is 0 Å². The minimum absolute atomic E-state index is 0.278. The Morgan fingerprint density at radius 3 is 2.40 bits per heavy atom. The minimum atomic E-state index is -0.278. The average Bonchev–Trinajstić information content (AvgIpc) is 2.27. The van der Waals surface area contributed by atoms with Gasteiger partial charge in [0.15, 0.2) is 0 Å². The van der Waals surface area contributed by atoms with Gasteiger partial charge in [0.1, 0.15) is 5.75 Å². The predicted octanol–water partition coefficient (Wildman–Crippen LogP) is 2.65. The molecular weight excluding hydrogens is 192 g/mol. The zero-order valence-corrected chi connectivity index (χ0v) is 9.16. The fourth-order valence-corrected chi connectivity index (χ4v) is 1.13. The van der Waals surface area contributed by atoms with Crippen LogP contribution < -0.4 is 4.74 Å². The van der Waals surface area contributed by atoms with Gasteiger partial charge in [0.2, 0.25) is 0 Å². The topological polar surface area (TPSA) is 35.5 Å². The second-order valence-corrected chi connectivity index (χ2v) is 3.09. The smallest absolute Gasteiger partial charge is 0.338 e. The van der Waals surface area contributed by atoms with Gasteiger partial charge in [0.05, 0.1) is 18.8 Å². The van der Waals surface area contributed by atoms with Crippen molar-refractivity contribution in [1.82, 2.24) is 0 Å². The summed E-state index contributed by atoms with van der Waals surface area (Å²) in [5, 5.41) is 0. The molecule has 0 radical (unpaired) electrons. The lowest BCUT2D eigenvalue weighted by Crippen LogP contribution is -2.05. The first kappa shape index (κ1) is 11.6. The van der Waals surface area contributed by atoms with Crippen molar-refractivity contribution < 1.29 is 14.3 Å². The van der Waals surface area contributed by atoms with Crippen molar-refractivity contribution in [2.75, 3.05) is 13.2 Å². The number of carbonyl (C=O) groups is 1. The molecule has 0 aliphatic heterocycles. The number of carbonyl (C=O) groups excluding carboxylic acids is 1. The second kappa shape index (κ2) is 6.06. The Morgan fingerprint density at radius 2 is 1.87 bits per heavy atom. The van der Waals surface area contributed by atoms with Crippen molar-refractivity contribution in [2.45, 2.75) is 20.3 Å². The molecule has 0 unspecified atom stereocenters. The third-order valence-electron chi connectivity index (χ3n) is 1.84. The van der Waals surface area contributed by atoms with Gasteiger partial charge in [-0.2, -0.15) is 0 Å². The largest absolute Gasteiger partial charge is 0.494 e. The van der Waals surface area contributed by atoms with Gasteiger partial charge in [-0.15, -0.1) is 0 Å². The van der Waals surface area contributed by atoms with E-state index >= 15 is 0 Å². The number of esters is 1. The zero-order valence-electron chi connectivity index (χ0n) is 9.16. The molecule has 0 N–H and O–H groups in total. The van der Waals surface area contributed by atoms with Crippen molar-refractivity contribution in [3.05, 3.63) is 29.8 Å². The molecule has 1 rings (SSSR count). The van der Waals surface area contributed by atoms with Crippen LogP contribution >= 0.6 is 0 Å². The van der Waals surface area contributed by atoms with Crippen LogP contribution in [0.5, 0.6) is 5.75 Å². The molecule has 0 aliphatic rings. The number of hydrogen-bond donors (Lipinski definition) is 0. The standard InChI is InChI=1S/C12H16O3/c1-3-9-15-12(13)10-5-7-11(8-6-10)14-4-2/h5-8H,3-4,9H2,1-2H3. The average molecular weight is 208 g/mol. The highest BCUT2D eigenvalue weighted by atomic mass is 16.5. The molecule has 0 saturated carbocycles. The van der Waals surface area contributed by atoms with Crippen molar-refractivity contribution in [3.8, 4) is 5.75 Å². The number of benzene rings is 1. The fraction of sp³-hybridized carbons (Fsp3) is 0.417. The van der Waals surface area contributed by atoms with Gasteiger partial charge < -0.3 is 9.47 Å². The van der Waals surface area contributed by atoms with Crippen molar-refractivity contribution in [2.24, 2.45) is 0 Å². The van der Waals surface area contributed by atoms with Crippen molar-refractivity contribution in [3.63, 3.8) is 0 Å². The lowest BCUT2D eigenvalue weighted by molar-refractivity contribution is 0.0505. The second-order valence-electron chi connectivity index (χ2n) is 3.09. The summed E-state index contributed by atoms with van der Waals surface area (Å²) in [5.41, 5.74) is 0.562. The summed E-state index contributed by atoms with van der Waals surface area (Å²) in [7, 11) is 0. The Hall–Kier alpha value is -1.51. The molecule has 1 aromatic carbocycles. The number of hydrogen-bond acceptors (Lipinski definition) is 3. The van der Waals surface area contributed by atoms with Gasteiger partial charge in [-0.05, 0) is 37.6 Å². The molecular formula is C12H16O3. The highest BCUT2D eigenvalue weighted by Crippen LogP contribution is 2.12. The van der Waals surface area contributed by atoms with Crippen LogP contribution in [-0.2, 0) is 4.74 Å². The zero-order chi connectivity index (χ0) is 11.1. The Bertz CT molecular complexity index is 303. The Morgan fingerprint density at radius 1 is 1.20 bits per heavy atom. The molecule has 0 amide bonds. The lowest BCUT2D eigenvalue weighted by Gasteiger charge is -2.05. The first-order valence-electron chi connectivity index (χ1n) is 5.18. The van der Waals surface area contributed by atoms with Gasteiger partial charge in [0.25, 0.3) is 0 Å². The molecule has 0 heterocycles. The summed E-state index contributed by atoms with van der Waals surface area (Å²) >= 11 is 0. The Kier molecular flexibility index (Phi) is 4.68. The van der Waals surface area contributed by atoms with Crippen LogP contribution in [0, 0.1) is 0 Å². The Balaban J connectivity index is 2.58. The monoisotopic (exact) mass is 208 g/mol. The molecule has 0 atom stereocenters. The maximum Gasteiger partial charge on any atom is 0.338 e. The third kappa shape index (κ3) is 3.62. The summed E-state index contributed by atoms with van der Waals surface area (Å²) in [6.07, 6.45) is 0.836. The van der Waals surface area contributed by atoms with Gasteiger partial charge in [-0.25, -0.2) is 4.79 Å². The lowest BCUT2D eigenvalue weighted by atomic mass is 10.2. The van der Waals surface area contributed by atoms with Gasteiger partial charge in [-0.1, -0.05) is 6.92 Å². The van der Waals surface area contributed by atoms with Crippen LogP contribution in [0.4, 0.5) is 0 Å². The molecule has 3 nitrogen and oxygen atoms in total. The van der Waals surface area contributed by atoms with E-state index in [9.17, 15) is 4.79 Å². The maximum absolute atomic E-state index is 11.4. The summed E-state index contributed by atoms with van der Waals surface area (Å²) < 4.78 is 10.3. The molecule has 0 aromatic heterocycles. The molecule has 0 bridgehead atoms. The molecule has 0 fully saturated rings. The molecule has 0 aliphatic carbocycles. The van der Waals surface area contributed by atoms with Crippen LogP contribution in [-0.4, -0.2) is 19.2 Å². The summed E-state index contributed by atoms with van der Waals surface area (Å²) in [6, 6.07) is 6.96. The maximum atomic E-state index is 11.4. The van der Waals surface area contributed by atoms with Crippen LogP contribution in [0.25, 0.3) is 0 Å². The summed E-state index contributed by atoms with van der Waals surface area (Å²) in [4.78, 5) is 11.4. The van der Waals surface area contributed by atoms with Crippen LogP contribution in [0.15, 0.2) is 24.3 Å². The van der Waals surface area contributed by atoms with E-state index in [2.05, 4.69) is 0 Å². The molecule has 1 aromatic rings.